The normalized spacial score (nSPS) is 29.9. The number of nitrogens with zero attached hydrogens (tertiary/aromatic N) is 5. The Kier molecular flexibility index (Phi) is 8.52. The van der Waals surface area contributed by atoms with Crippen LogP contribution in [-0.2, 0) is 9.59 Å². The van der Waals surface area contributed by atoms with Gasteiger partial charge in [0, 0.05) is 50.6 Å². The Balaban J connectivity index is 0.725. The standard InChI is InChI=1S/C42H53N7O2S2/c1-25-3-7-31(44-19-25)27-5-9-35-32(13-27)45-39(52-35)30-17-42(18-30)23-48(24-42)12-11-26-4-8-34(49(20-26)40(51)37(43)50)28-6-10-36-33(14-28)46-38(53-36)29-15-41(16-29)21-47(2)22-41/h5-6,9-10,13-14,25-26,29-31,34,44H,3-4,7-8,11-12,15-24H2,1-2H3,(H2,43,50)/t25-,26+,31+,34+/m0/s1. The van der Waals surface area contributed by atoms with Gasteiger partial charge in [-0.05, 0) is 136 Å². The Labute approximate surface area is 320 Å². The van der Waals surface area contributed by atoms with Crippen LogP contribution in [0.5, 0.6) is 0 Å². The molecule has 4 aromatic rings. The second-order valence-electron chi connectivity index (χ2n) is 18.4. The third kappa shape index (κ3) is 6.32. The van der Waals surface area contributed by atoms with Crippen molar-refractivity contribution in [3.8, 4) is 0 Å². The van der Waals surface area contributed by atoms with Crippen LogP contribution in [0.2, 0.25) is 0 Å². The second kappa shape index (κ2) is 13.1. The number of rotatable bonds is 7. The molecule has 2 aliphatic carbocycles. The molecular weight excluding hydrogens is 699 g/mol. The van der Waals surface area contributed by atoms with E-state index in [1.54, 1.807) is 4.90 Å². The molecule has 2 amide bonds. The molecule has 2 aromatic carbocycles. The van der Waals surface area contributed by atoms with Gasteiger partial charge in [-0.2, -0.15) is 0 Å². The maximum absolute atomic E-state index is 13.2. The predicted octanol–water partition coefficient (Wildman–Crippen LogP) is 6.81. The number of carbonyl (C=O) groups is 2. The van der Waals surface area contributed by atoms with Crippen LogP contribution in [0.3, 0.4) is 0 Å². The van der Waals surface area contributed by atoms with Gasteiger partial charge < -0.3 is 25.8 Å². The summed E-state index contributed by atoms with van der Waals surface area (Å²) in [4.78, 5) is 42.5. The molecule has 0 radical (unpaired) electrons. The fourth-order valence-electron chi connectivity index (χ4n) is 11.3. The van der Waals surface area contributed by atoms with Gasteiger partial charge in [0.15, 0.2) is 0 Å². The maximum Gasteiger partial charge on any atom is 0.312 e. The molecule has 6 heterocycles. The number of nitrogens with one attached hydrogen (secondary N) is 1. The zero-order chi connectivity index (χ0) is 36.1. The van der Waals surface area contributed by atoms with Gasteiger partial charge in [-0.1, -0.05) is 19.1 Å². The van der Waals surface area contributed by atoms with Crippen molar-refractivity contribution in [2.75, 3.05) is 52.9 Å². The number of hydrogen-bond donors (Lipinski definition) is 2. The van der Waals surface area contributed by atoms with Crippen molar-refractivity contribution in [3.63, 3.8) is 0 Å². The van der Waals surface area contributed by atoms with Crippen LogP contribution in [0.15, 0.2) is 36.4 Å². The Bertz CT molecular complexity index is 2040. The Morgan fingerprint density at radius 1 is 0.849 bits per heavy atom. The number of piperidine rings is 2. The molecule has 0 unspecified atom stereocenters. The molecule has 4 atom stereocenters. The molecule has 3 N–H and O–H groups in total. The first-order valence-corrected chi connectivity index (χ1v) is 21.8. The smallest absolute Gasteiger partial charge is 0.312 e. The second-order valence-corrected chi connectivity index (χ2v) is 20.5. The Morgan fingerprint density at radius 2 is 1.47 bits per heavy atom. The number of hydrogen-bond acceptors (Lipinski definition) is 9. The van der Waals surface area contributed by atoms with Gasteiger partial charge in [-0.15, -0.1) is 22.7 Å². The van der Waals surface area contributed by atoms with Crippen molar-refractivity contribution < 1.29 is 9.59 Å². The van der Waals surface area contributed by atoms with E-state index in [2.05, 4.69) is 65.5 Å². The number of nitrogens with two attached hydrogens (primary N) is 1. The van der Waals surface area contributed by atoms with Crippen LogP contribution in [-0.4, -0.2) is 89.3 Å². The fourth-order valence-corrected chi connectivity index (χ4v) is 13.4. The summed E-state index contributed by atoms with van der Waals surface area (Å²) in [5.74, 6) is 0.875. The van der Waals surface area contributed by atoms with E-state index in [-0.39, 0.29) is 6.04 Å². The average Bonchev–Trinajstić information content (AvgIpc) is 3.71. The fraction of sp³-hybridized carbons (Fsp3) is 0.619. The number of fused-ring (bicyclic) bond motifs is 2. The third-order valence-corrected chi connectivity index (χ3v) is 16.5. The number of amides is 2. The van der Waals surface area contributed by atoms with Gasteiger partial charge >= 0.3 is 11.8 Å². The van der Waals surface area contributed by atoms with Gasteiger partial charge in [-0.3, -0.25) is 9.59 Å². The van der Waals surface area contributed by atoms with Crippen LogP contribution in [0.25, 0.3) is 20.4 Å². The topological polar surface area (TPSA) is 108 Å². The summed E-state index contributed by atoms with van der Waals surface area (Å²) in [6, 6.07) is 13.7. The van der Waals surface area contributed by atoms with Gasteiger partial charge in [0.05, 0.1) is 36.5 Å². The molecule has 2 aromatic heterocycles. The zero-order valence-corrected chi connectivity index (χ0v) is 32.8. The van der Waals surface area contributed by atoms with E-state index in [0.717, 1.165) is 62.4 Å². The molecular formula is C42H53N7O2S2. The molecule has 6 aliphatic rings. The highest BCUT2D eigenvalue weighted by atomic mass is 32.1. The minimum atomic E-state index is -0.859. The van der Waals surface area contributed by atoms with Gasteiger partial charge in [0.1, 0.15) is 0 Å². The van der Waals surface area contributed by atoms with Crippen LogP contribution >= 0.6 is 22.7 Å². The molecule has 4 saturated heterocycles. The molecule has 53 heavy (non-hydrogen) atoms. The summed E-state index contributed by atoms with van der Waals surface area (Å²) in [6.45, 7) is 9.83. The van der Waals surface area contributed by atoms with Crippen LogP contribution in [0.1, 0.15) is 110 Å². The highest BCUT2D eigenvalue weighted by molar-refractivity contribution is 7.19. The summed E-state index contributed by atoms with van der Waals surface area (Å²) < 4.78 is 2.53. The number of likely N-dealkylation sites (tertiary alicyclic amines) is 3. The minimum Gasteiger partial charge on any atom is -0.361 e. The lowest BCUT2D eigenvalue weighted by Crippen LogP contribution is -2.61. The van der Waals surface area contributed by atoms with Gasteiger partial charge in [0.25, 0.3) is 0 Å². The molecule has 2 saturated carbocycles. The molecule has 10 rings (SSSR count). The van der Waals surface area contributed by atoms with Crippen molar-refractivity contribution >= 4 is 54.9 Å². The van der Waals surface area contributed by atoms with E-state index in [9.17, 15) is 9.59 Å². The molecule has 4 aliphatic heterocycles. The first-order valence-electron chi connectivity index (χ1n) is 20.2. The first kappa shape index (κ1) is 34.5. The van der Waals surface area contributed by atoms with E-state index >= 15 is 0 Å². The van der Waals surface area contributed by atoms with Crippen LogP contribution in [0, 0.1) is 22.7 Å². The van der Waals surface area contributed by atoms with E-state index in [0.29, 0.717) is 41.2 Å². The summed E-state index contributed by atoms with van der Waals surface area (Å²) in [5.41, 5.74) is 11.2. The van der Waals surface area contributed by atoms with Gasteiger partial charge in [-0.25, -0.2) is 9.97 Å². The summed E-state index contributed by atoms with van der Waals surface area (Å²) >= 11 is 3.72. The molecule has 9 nitrogen and oxygen atoms in total. The lowest BCUT2D eigenvalue weighted by molar-refractivity contribution is -0.147. The molecule has 2 spiro atoms. The SMILES string of the molecule is C[C@H]1CC[C@H](c2ccc3sc(C4CC5(C4)CN(CC[C@H]4CC[C@H](c6ccc7sc(C8CC9(C8)CN(C)C9)nc7c6)N(C(=O)C(N)=O)C4)C5)nc3c2)NC1. The molecule has 11 heteroatoms. The number of aromatic nitrogens is 2. The van der Waals surface area contributed by atoms with E-state index in [4.69, 9.17) is 15.7 Å². The molecule has 280 valence electrons. The predicted molar refractivity (Wildman–Crippen MR) is 212 cm³/mol. The van der Waals surface area contributed by atoms with E-state index in [1.165, 1.54) is 82.1 Å². The maximum atomic E-state index is 13.2. The lowest BCUT2D eigenvalue weighted by atomic mass is 9.58. The van der Waals surface area contributed by atoms with Crippen molar-refractivity contribution in [3.05, 3.63) is 57.5 Å². The highest BCUT2D eigenvalue weighted by Crippen LogP contribution is 2.58. The summed E-state index contributed by atoms with van der Waals surface area (Å²) in [7, 11) is 2.21. The minimum absolute atomic E-state index is 0.140. The number of thiazole rings is 2. The number of carbonyl (C=O) groups excluding carboxylic acids is 2. The van der Waals surface area contributed by atoms with Crippen molar-refractivity contribution in [1.29, 1.82) is 0 Å². The van der Waals surface area contributed by atoms with E-state index in [1.807, 2.05) is 22.7 Å². The van der Waals surface area contributed by atoms with Crippen LogP contribution < -0.4 is 11.1 Å². The average molecular weight is 752 g/mol. The quantitative estimate of drug-likeness (QED) is 0.200. The highest BCUT2D eigenvalue weighted by Gasteiger charge is 2.54. The van der Waals surface area contributed by atoms with Gasteiger partial charge in [0.2, 0.25) is 0 Å². The van der Waals surface area contributed by atoms with Crippen molar-refractivity contribution in [1.82, 2.24) is 30.0 Å². The Hall–Kier alpha value is -2.96. The van der Waals surface area contributed by atoms with E-state index < -0.39 is 11.8 Å². The zero-order valence-electron chi connectivity index (χ0n) is 31.2. The number of primary amides is 1. The largest absolute Gasteiger partial charge is 0.361 e. The first-order chi connectivity index (χ1) is 25.6. The third-order valence-electron chi connectivity index (χ3n) is 14.1. The summed E-state index contributed by atoms with van der Waals surface area (Å²) in [6.07, 6.45) is 10.4. The van der Waals surface area contributed by atoms with Crippen LogP contribution in [0.4, 0.5) is 0 Å². The monoisotopic (exact) mass is 751 g/mol. The Morgan fingerprint density at radius 3 is 2.08 bits per heavy atom. The van der Waals surface area contributed by atoms with Crippen molar-refractivity contribution in [2.45, 2.75) is 88.6 Å². The molecule has 0 bridgehead atoms. The molecule has 6 fully saturated rings. The number of benzene rings is 2. The lowest BCUT2D eigenvalue weighted by Gasteiger charge is -2.59. The summed E-state index contributed by atoms with van der Waals surface area (Å²) in [5, 5.41) is 6.31. The van der Waals surface area contributed by atoms with Crippen molar-refractivity contribution in [2.24, 2.45) is 28.4 Å².